The Hall–Kier alpha value is -2.36. The minimum atomic E-state index is -0.606. The molecule has 2 aromatic rings. The van der Waals surface area contributed by atoms with Crippen molar-refractivity contribution in [1.29, 1.82) is 0 Å². The van der Waals surface area contributed by atoms with Crippen molar-refractivity contribution < 1.29 is 13.9 Å². The van der Waals surface area contributed by atoms with E-state index in [2.05, 4.69) is 37.4 Å². The van der Waals surface area contributed by atoms with E-state index in [0.29, 0.717) is 12.2 Å². The van der Waals surface area contributed by atoms with Crippen LogP contribution >= 0.6 is 0 Å². The molecule has 0 aliphatic carbocycles. The van der Waals surface area contributed by atoms with E-state index in [-0.39, 0.29) is 17.8 Å². The monoisotopic (exact) mass is 343 g/mol. The summed E-state index contributed by atoms with van der Waals surface area (Å²) in [7, 11) is 0. The fourth-order valence-corrected chi connectivity index (χ4v) is 2.88. The highest BCUT2D eigenvalue weighted by Crippen LogP contribution is 2.22. The normalized spacial score (nSPS) is 13.2. The van der Waals surface area contributed by atoms with Gasteiger partial charge in [0.05, 0.1) is 6.04 Å². The number of benzene rings is 2. The molecule has 3 nitrogen and oxygen atoms in total. The molecule has 2 rings (SSSR count). The van der Waals surface area contributed by atoms with Crippen LogP contribution in [0.1, 0.15) is 49.4 Å². The number of nitrogens with one attached hydrogen (secondary N) is 1. The molecule has 2 aromatic carbocycles. The molecule has 25 heavy (non-hydrogen) atoms. The van der Waals surface area contributed by atoms with Gasteiger partial charge in [0.1, 0.15) is 11.6 Å². The lowest BCUT2D eigenvalue weighted by atomic mass is 9.97. The zero-order valence-electron chi connectivity index (χ0n) is 15.3. The highest BCUT2D eigenvalue weighted by Gasteiger charge is 2.22. The molecule has 0 saturated carbocycles. The van der Waals surface area contributed by atoms with Crippen molar-refractivity contribution in [1.82, 2.24) is 5.32 Å². The number of ether oxygens (including phenoxy) is 1. The summed E-state index contributed by atoms with van der Waals surface area (Å²) < 4.78 is 18.7. The third-order valence-corrected chi connectivity index (χ3v) is 4.28. The third-order valence-electron chi connectivity index (χ3n) is 4.28. The second-order valence-corrected chi connectivity index (χ2v) is 6.30. The maximum Gasteiger partial charge on any atom is 0.261 e. The van der Waals surface area contributed by atoms with Crippen molar-refractivity contribution in [3.05, 3.63) is 65.0 Å². The van der Waals surface area contributed by atoms with Crippen molar-refractivity contribution >= 4 is 5.91 Å². The van der Waals surface area contributed by atoms with Crippen molar-refractivity contribution in [2.75, 3.05) is 0 Å². The predicted molar refractivity (Wildman–Crippen MR) is 98.2 cm³/mol. The largest absolute Gasteiger partial charge is 0.481 e. The lowest BCUT2D eigenvalue weighted by Gasteiger charge is -2.23. The maximum atomic E-state index is 13.0. The molecule has 0 spiro atoms. The van der Waals surface area contributed by atoms with Crippen LogP contribution in [0.5, 0.6) is 5.75 Å². The van der Waals surface area contributed by atoms with Gasteiger partial charge < -0.3 is 10.1 Å². The van der Waals surface area contributed by atoms with Gasteiger partial charge in [-0.05, 0) is 62.1 Å². The van der Waals surface area contributed by atoms with E-state index in [1.165, 1.54) is 35.4 Å². The maximum absolute atomic E-state index is 13.0. The Morgan fingerprint density at radius 3 is 2.32 bits per heavy atom. The Bertz CT molecular complexity index is 712. The first-order valence-corrected chi connectivity index (χ1v) is 8.74. The number of halogens is 1. The molecule has 4 heteroatoms. The van der Waals surface area contributed by atoms with E-state index in [1.807, 2.05) is 13.8 Å². The summed E-state index contributed by atoms with van der Waals surface area (Å²) in [6, 6.07) is 11.9. The lowest BCUT2D eigenvalue weighted by molar-refractivity contribution is -0.128. The summed E-state index contributed by atoms with van der Waals surface area (Å²) in [5.74, 6) is 0.00681. The molecule has 1 amide bonds. The average molecular weight is 343 g/mol. The zero-order chi connectivity index (χ0) is 18.4. The highest BCUT2D eigenvalue weighted by atomic mass is 19.1. The van der Waals surface area contributed by atoms with Crippen molar-refractivity contribution in [3.8, 4) is 5.75 Å². The fourth-order valence-electron chi connectivity index (χ4n) is 2.88. The van der Waals surface area contributed by atoms with Crippen LogP contribution < -0.4 is 10.1 Å². The third kappa shape index (κ3) is 5.05. The summed E-state index contributed by atoms with van der Waals surface area (Å²) in [4.78, 5) is 12.7. The molecule has 0 unspecified atom stereocenters. The number of aryl methyl sites for hydroxylation is 2. The van der Waals surface area contributed by atoms with Gasteiger partial charge in [0.15, 0.2) is 6.10 Å². The molecule has 134 valence electrons. The van der Waals surface area contributed by atoms with E-state index >= 15 is 0 Å². The number of rotatable bonds is 7. The molecule has 0 radical (unpaired) electrons. The van der Waals surface area contributed by atoms with Crippen LogP contribution in [-0.2, 0) is 4.79 Å². The Balaban J connectivity index is 2.09. The van der Waals surface area contributed by atoms with Crippen LogP contribution in [0.3, 0.4) is 0 Å². The molecule has 0 saturated heterocycles. The number of carbonyl (C=O) groups excluding carboxylic acids is 1. The number of amides is 1. The first-order valence-electron chi connectivity index (χ1n) is 8.74. The first-order chi connectivity index (χ1) is 11.9. The quantitative estimate of drug-likeness (QED) is 0.779. The summed E-state index contributed by atoms with van der Waals surface area (Å²) in [6.07, 6.45) is 0.722. The van der Waals surface area contributed by atoms with Crippen LogP contribution in [0.25, 0.3) is 0 Å². The fraction of sp³-hybridized carbons (Fsp3) is 0.381. The van der Waals surface area contributed by atoms with Crippen LogP contribution in [0.15, 0.2) is 42.5 Å². The molecular formula is C21H26FNO2. The minimum Gasteiger partial charge on any atom is -0.481 e. The van der Waals surface area contributed by atoms with E-state index in [0.717, 1.165) is 12.0 Å². The van der Waals surface area contributed by atoms with Gasteiger partial charge in [-0.2, -0.15) is 0 Å². The average Bonchev–Trinajstić information content (AvgIpc) is 2.59. The molecule has 1 N–H and O–H groups in total. The van der Waals surface area contributed by atoms with E-state index in [1.54, 1.807) is 0 Å². The lowest BCUT2D eigenvalue weighted by Crippen LogP contribution is -2.40. The Labute approximate surface area is 149 Å². The molecule has 0 fully saturated rings. The standard InChI is InChI=1S/C21H26FNO2/c1-5-19(18-12-7-14(3)13-15(18)4)23-21(24)20(6-2)25-17-10-8-16(22)9-11-17/h7-13,19-20H,5-6H2,1-4H3,(H,23,24)/t19-,20+/m0/s1. The van der Waals surface area contributed by atoms with Gasteiger partial charge in [-0.15, -0.1) is 0 Å². The topological polar surface area (TPSA) is 38.3 Å². The van der Waals surface area contributed by atoms with Crippen LogP contribution in [-0.4, -0.2) is 12.0 Å². The van der Waals surface area contributed by atoms with Gasteiger partial charge in [-0.1, -0.05) is 37.6 Å². The minimum absolute atomic E-state index is 0.0565. The van der Waals surface area contributed by atoms with Gasteiger partial charge >= 0.3 is 0 Å². The zero-order valence-corrected chi connectivity index (χ0v) is 15.3. The summed E-state index contributed by atoms with van der Waals surface area (Å²) >= 11 is 0. The molecule has 0 bridgehead atoms. The smallest absolute Gasteiger partial charge is 0.261 e. The van der Waals surface area contributed by atoms with E-state index in [4.69, 9.17) is 4.74 Å². The Morgan fingerprint density at radius 2 is 1.76 bits per heavy atom. The van der Waals surface area contributed by atoms with E-state index in [9.17, 15) is 9.18 Å². The number of hydrogen-bond donors (Lipinski definition) is 1. The SMILES string of the molecule is CC[C@H](NC(=O)[C@@H](CC)Oc1ccc(F)cc1)c1ccc(C)cc1C. The van der Waals surface area contributed by atoms with Crippen molar-refractivity contribution in [2.24, 2.45) is 0 Å². The Kier molecular flexibility index (Phi) is 6.57. The van der Waals surface area contributed by atoms with Crippen LogP contribution in [0.4, 0.5) is 4.39 Å². The van der Waals surface area contributed by atoms with Gasteiger partial charge in [-0.25, -0.2) is 4.39 Å². The molecule has 0 aliphatic heterocycles. The Morgan fingerprint density at radius 1 is 1.08 bits per heavy atom. The second-order valence-electron chi connectivity index (χ2n) is 6.30. The number of carbonyl (C=O) groups is 1. The van der Waals surface area contributed by atoms with Crippen LogP contribution in [0.2, 0.25) is 0 Å². The molecule has 0 aromatic heterocycles. The van der Waals surface area contributed by atoms with Gasteiger partial charge in [0.25, 0.3) is 5.91 Å². The van der Waals surface area contributed by atoms with Gasteiger partial charge in [0, 0.05) is 0 Å². The summed E-state index contributed by atoms with van der Waals surface area (Å²) in [5.41, 5.74) is 3.49. The van der Waals surface area contributed by atoms with E-state index < -0.39 is 6.10 Å². The summed E-state index contributed by atoms with van der Waals surface area (Å²) in [6.45, 7) is 8.06. The molecular weight excluding hydrogens is 317 g/mol. The molecule has 0 heterocycles. The molecule has 2 atom stereocenters. The highest BCUT2D eigenvalue weighted by molar-refractivity contribution is 5.81. The first kappa shape index (κ1) is 19.0. The van der Waals surface area contributed by atoms with Crippen LogP contribution in [0, 0.1) is 19.7 Å². The van der Waals surface area contributed by atoms with Crippen molar-refractivity contribution in [3.63, 3.8) is 0 Å². The number of hydrogen-bond acceptors (Lipinski definition) is 2. The predicted octanol–water partition coefficient (Wildman–Crippen LogP) is 4.87. The van der Waals surface area contributed by atoms with Crippen molar-refractivity contribution in [2.45, 2.75) is 52.7 Å². The summed E-state index contributed by atoms with van der Waals surface area (Å²) in [5, 5.41) is 3.09. The van der Waals surface area contributed by atoms with Gasteiger partial charge in [0.2, 0.25) is 0 Å². The second kappa shape index (κ2) is 8.65. The molecule has 0 aliphatic rings. The van der Waals surface area contributed by atoms with Gasteiger partial charge in [-0.3, -0.25) is 4.79 Å².